The zero-order chi connectivity index (χ0) is 10.7. The van der Waals surface area contributed by atoms with E-state index in [0.717, 1.165) is 6.07 Å². The number of carbonyl (C=O) groups excluding carboxylic acids is 1. The van der Waals surface area contributed by atoms with E-state index in [1.54, 1.807) is 6.07 Å². The van der Waals surface area contributed by atoms with Gasteiger partial charge in [0, 0.05) is 6.07 Å². The molecule has 5 heteroatoms. The molecule has 0 unspecified atom stereocenters. The van der Waals surface area contributed by atoms with Crippen LogP contribution >= 0.6 is 11.6 Å². The maximum Gasteiger partial charge on any atom is 0.253 e. The molecule has 0 aliphatic carbocycles. The van der Waals surface area contributed by atoms with E-state index in [-0.39, 0.29) is 16.9 Å². The van der Waals surface area contributed by atoms with E-state index in [9.17, 15) is 9.18 Å². The lowest BCUT2D eigenvalue weighted by atomic mass is 10.1. The van der Waals surface area contributed by atoms with Gasteiger partial charge in [-0.15, -0.1) is 0 Å². The van der Waals surface area contributed by atoms with Crippen LogP contribution in [0.25, 0.3) is 0 Å². The van der Waals surface area contributed by atoms with E-state index >= 15 is 0 Å². The van der Waals surface area contributed by atoms with E-state index in [1.165, 1.54) is 13.2 Å². The SMILES string of the molecule is COc1cc(F)c(C#N)c(C(=O)Cl)c1. The van der Waals surface area contributed by atoms with Gasteiger partial charge in [-0.1, -0.05) is 0 Å². The molecule has 0 saturated heterocycles. The first-order valence-electron chi connectivity index (χ1n) is 3.57. The summed E-state index contributed by atoms with van der Waals surface area (Å²) in [5.41, 5.74) is -0.559. The minimum absolute atomic E-state index is 0.144. The molecule has 1 aromatic carbocycles. The minimum atomic E-state index is -0.889. The quantitative estimate of drug-likeness (QED) is 0.707. The highest BCUT2D eigenvalue weighted by Crippen LogP contribution is 2.22. The van der Waals surface area contributed by atoms with Gasteiger partial charge in [-0.2, -0.15) is 5.26 Å². The van der Waals surface area contributed by atoms with Crippen molar-refractivity contribution in [2.45, 2.75) is 0 Å². The maximum absolute atomic E-state index is 13.1. The topological polar surface area (TPSA) is 50.1 Å². The first-order chi connectivity index (χ1) is 6.60. The van der Waals surface area contributed by atoms with E-state index in [4.69, 9.17) is 21.6 Å². The standard InChI is InChI=1S/C9H5ClFNO2/c1-14-5-2-6(9(10)13)7(4-12)8(11)3-5/h2-3H,1H3. The molecule has 3 nitrogen and oxygen atoms in total. The van der Waals surface area contributed by atoms with Gasteiger partial charge in [0.05, 0.1) is 12.7 Å². The molecule has 14 heavy (non-hydrogen) atoms. The Bertz CT molecular complexity index is 426. The van der Waals surface area contributed by atoms with Crippen molar-refractivity contribution in [2.75, 3.05) is 7.11 Å². The average Bonchev–Trinajstić information content (AvgIpc) is 2.16. The molecule has 0 fully saturated rings. The Morgan fingerprint density at radius 3 is 2.71 bits per heavy atom. The van der Waals surface area contributed by atoms with Gasteiger partial charge in [-0.25, -0.2) is 4.39 Å². The molecule has 72 valence electrons. The Balaban J connectivity index is 3.45. The molecule has 0 aliphatic heterocycles. The van der Waals surface area contributed by atoms with Crippen LogP contribution in [0.2, 0.25) is 0 Å². The molecule has 0 atom stereocenters. The summed E-state index contributed by atoms with van der Waals surface area (Å²) < 4.78 is 17.9. The summed E-state index contributed by atoms with van der Waals surface area (Å²) in [6.07, 6.45) is 0. The number of nitriles is 1. The van der Waals surface area contributed by atoms with Crippen molar-refractivity contribution in [2.24, 2.45) is 0 Å². The summed E-state index contributed by atoms with van der Waals surface area (Å²) in [6, 6.07) is 3.80. The maximum atomic E-state index is 13.1. The first kappa shape index (κ1) is 10.5. The van der Waals surface area contributed by atoms with Crippen LogP contribution < -0.4 is 4.74 Å². The Kier molecular flexibility index (Phi) is 3.05. The predicted molar refractivity (Wildman–Crippen MR) is 47.9 cm³/mol. The normalized spacial score (nSPS) is 9.29. The molecule has 0 radical (unpaired) electrons. The Labute approximate surface area is 84.7 Å². The van der Waals surface area contributed by atoms with Gasteiger partial charge in [0.2, 0.25) is 0 Å². The fraction of sp³-hybridized carbons (Fsp3) is 0.111. The number of benzene rings is 1. The molecular weight excluding hydrogens is 209 g/mol. The predicted octanol–water partition coefficient (Wildman–Crippen LogP) is 2.08. The summed E-state index contributed by atoms with van der Waals surface area (Å²) in [5, 5.41) is 7.68. The summed E-state index contributed by atoms with van der Waals surface area (Å²) >= 11 is 5.18. The van der Waals surface area contributed by atoms with E-state index in [0.29, 0.717) is 0 Å². The number of rotatable bonds is 2. The van der Waals surface area contributed by atoms with E-state index in [1.807, 2.05) is 0 Å². The van der Waals surface area contributed by atoms with Gasteiger partial charge in [0.25, 0.3) is 5.24 Å². The van der Waals surface area contributed by atoms with Gasteiger partial charge in [-0.3, -0.25) is 4.79 Å². The van der Waals surface area contributed by atoms with Crippen LogP contribution in [-0.4, -0.2) is 12.4 Å². The Morgan fingerprint density at radius 2 is 2.29 bits per heavy atom. The van der Waals surface area contributed by atoms with Crippen molar-refractivity contribution < 1.29 is 13.9 Å². The molecule has 0 N–H and O–H groups in total. The second-order valence-corrected chi connectivity index (χ2v) is 2.76. The third-order valence-corrected chi connectivity index (χ3v) is 1.83. The molecule has 0 spiro atoms. The monoisotopic (exact) mass is 213 g/mol. The van der Waals surface area contributed by atoms with Crippen molar-refractivity contribution in [3.63, 3.8) is 0 Å². The molecule has 1 aromatic rings. The van der Waals surface area contributed by atoms with Crippen LogP contribution in [0.15, 0.2) is 12.1 Å². The molecule has 0 heterocycles. The van der Waals surface area contributed by atoms with Gasteiger partial charge in [0.15, 0.2) is 0 Å². The lowest BCUT2D eigenvalue weighted by molar-refractivity contribution is 0.108. The summed E-state index contributed by atoms with van der Waals surface area (Å²) in [6.45, 7) is 0. The van der Waals surface area contributed by atoms with Gasteiger partial charge in [-0.05, 0) is 17.7 Å². The molecule has 0 aromatic heterocycles. The number of hydrogen-bond acceptors (Lipinski definition) is 3. The lowest BCUT2D eigenvalue weighted by Crippen LogP contribution is -1.99. The fourth-order valence-corrected chi connectivity index (χ4v) is 1.12. The summed E-state index contributed by atoms with van der Waals surface area (Å²) in [5.74, 6) is -0.679. The molecule has 0 amide bonds. The van der Waals surface area contributed by atoms with Crippen LogP contribution in [0, 0.1) is 17.1 Å². The number of ether oxygens (including phenoxy) is 1. The second-order valence-electron chi connectivity index (χ2n) is 2.42. The van der Waals surface area contributed by atoms with Crippen molar-refractivity contribution in [1.29, 1.82) is 5.26 Å². The van der Waals surface area contributed by atoms with Crippen LogP contribution in [-0.2, 0) is 0 Å². The number of methoxy groups -OCH3 is 1. The first-order valence-corrected chi connectivity index (χ1v) is 3.95. The highest BCUT2D eigenvalue weighted by Gasteiger charge is 2.15. The minimum Gasteiger partial charge on any atom is -0.497 e. The van der Waals surface area contributed by atoms with Gasteiger partial charge < -0.3 is 4.74 Å². The summed E-state index contributed by atoms with van der Waals surface area (Å²) in [7, 11) is 1.32. The van der Waals surface area contributed by atoms with E-state index in [2.05, 4.69) is 0 Å². The van der Waals surface area contributed by atoms with Crippen molar-refractivity contribution in [3.8, 4) is 11.8 Å². The molecule has 0 bridgehead atoms. The molecule has 0 aliphatic rings. The number of nitrogens with zero attached hydrogens (tertiary/aromatic N) is 1. The van der Waals surface area contributed by atoms with Crippen molar-refractivity contribution in [1.82, 2.24) is 0 Å². The van der Waals surface area contributed by atoms with Crippen LogP contribution in [0.5, 0.6) is 5.75 Å². The molecular formula is C9H5ClFNO2. The highest BCUT2D eigenvalue weighted by molar-refractivity contribution is 6.68. The largest absolute Gasteiger partial charge is 0.497 e. The van der Waals surface area contributed by atoms with E-state index < -0.39 is 11.1 Å². The number of halogens is 2. The number of hydrogen-bond donors (Lipinski definition) is 0. The van der Waals surface area contributed by atoms with Crippen molar-refractivity contribution >= 4 is 16.8 Å². The Morgan fingerprint density at radius 1 is 1.64 bits per heavy atom. The lowest BCUT2D eigenvalue weighted by Gasteiger charge is -2.03. The third kappa shape index (κ3) is 1.83. The third-order valence-electron chi connectivity index (χ3n) is 1.62. The molecule has 0 saturated carbocycles. The zero-order valence-electron chi connectivity index (χ0n) is 7.17. The summed E-state index contributed by atoms with van der Waals surface area (Å²) in [4.78, 5) is 10.8. The second kappa shape index (κ2) is 4.07. The fourth-order valence-electron chi connectivity index (χ4n) is 0.968. The Hall–Kier alpha value is -1.60. The smallest absolute Gasteiger partial charge is 0.253 e. The van der Waals surface area contributed by atoms with Crippen LogP contribution in [0.1, 0.15) is 15.9 Å². The average molecular weight is 214 g/mol. The highest BCUT2D eigenvalue weighted by atomic mass is 35.5. The van der Waals surface area contributed by atoms with Crippen LogP contribution in [0.4, 0.5) is 4.39 Å². The molecule has 1 rings (SSSR count). The van der Waals surface area contributed by atoms with Gasteiger partial charge >= 0.3 is 0 Å². The van der Waals surface area contributed by atoms with Crippen molar-refractivity contribution in [3.05, 3.63) is 29.1 Å². The van der Waals surface area contributed by atoms with Crippen LogP contribution in [0.3, 0.4) is 0 Å². The zero-order valence-corrected chi connectivity index (χ0v) is 7.93. The number of carbonyl (C=O) groups is 1. The van der Waals surface area contributed by atoms with Gasteiger partial charge in [0.1, 0.15) is 23.2 Å².